The first-order valence-corrected chi connectivity index (χ1v) is 6.95. The van der Waals surface area contributed by atoms with Crippen molar-refractivity contribution in [1.82, 2.24) is 14.8 Å². The summed E-state index contributed by atoms with van der Waals surface area (Å²) in [5.41, 5.74) is 0.597. The molecule has 4 nitrogen and oxygen atoms in total. The summed E-state index contributed by atoms with van der Waals surface area (Å²) in [5, 5.41) is 6.18. The molecule has 0 radical (unpaired) electrons. The molecule has 0 fully saturated rings. The average Bonchev–Trinajstić information content (AvgIpc) is 2.82. The number of H-pyrrole nitrogens is 1. The van der Waals surface area contributed by atoms with Gasteiger partial charge >= 0.3 is 0 Å². The second-order valence-electron chi connectivity index (χ2n) is 6.07. The van der Waals surface area contributed by atoms with Crippen molar-refractivity contribution < 1.29 is 0 Å². The van der Waals surface area contributed by atoms with Crippen LogP contribution in [0.3, 0.4) is 0 Å². The van der Waals surface area contributed by atoms with Crippen molar-refractivity contribution in [1.29, 1.82) is 0 Å². The second kappa shape index (κ2) is 5.35. The number of fused-ring (bicyclic) bond motifs is 3. The van der Waals surface area contributed by atoms with Gasteiger partial charge in [0.25, 0.3) is 5.56 Å². The highest BCUT2D eigenvalue weighted by Crippen LogP contribution is 2.34. The van der Waals surface area contributed by atoms with Crippen LogP contribution in [0.4, 0.5) is 0 Å². The van der Waals surface area contributed by atoms with E-state index in [0.717, 1.165) is 16.3 Å². The summed E-state index contributed by atoms with van der Waals surface area (Å²) in [7, 11) is 0. The van der Waals surface area contributed by atoms with Crippen molar-refractivity contribution >= 4 is 45.8 Å². The lowest BCUT2D eigenvalue weighted by atomic mass is 9.97. The molecule has 0 saturated heterocycles. The Balaban J connectivity index is 0.00000161. The van der Waals surface area contributed by atoms with Crippen molar-refractivity contribution in [2.24, 2.45) is 5.41 Å². The number of aromatic nitrogens is 3. The summed E-state index contributed by atoms with van der Waals surface area (Å²) >= 11 is 6.45. The molecule has 0 aliphatic heterocycles. The molecule has 0 amide bonds. The molecule has 1 atom stereocenters. The molecule has 0 spiro atoms. The van der Waals surface area contributed by atoms with Gasteiger partial charge in [0.2, 0.25) is 0 Å². The highest BCUT2D eigenvalue weighted by molar-refractivity contribution is 6.19. The van der Waals surface area contributed by atoms with Crippen LogP contribution in [0.25, 0.3) is 21.8 Å². The minimum atomic E-state index is -0.312. The first-order valence-electron chi connectivity index (χ1n) is 6.52. The molecule has 0 saturated carbocycles. The third-order valence-corrected chi connectivity index (χ3v) is 4.21. The number of benzene rings is 1. The summed E-state index contributed by atoms with van der Waals surface area (Å²) in [6.07, 6.45) is 1.86. The van der Waals surface area contributed by atoms with Gasteiger partial charge in [0, 0.05) is 22.5 Å². The van der Waals surface area contributed by atoms with E-state index in [1.807, 2.05) is 51.2 Å². The number of halogens is 2. The molecule has 21 heavy (non-hydrogen) atoms. The van der Waals surface area contributed by atoms with E-state index < -0.39 is 0 Å². The van der Waals surface area contributed by atoms with E-state index in [-0.39, 0.29) is 28.9 Å². The van der Waals surface area contributed by atoms with Gasteiger partial charge in [-0.1, -0.05) is 50.6 Å². The molecule has 0 bridgehead atoms. The van der Waals surface area contributed by atoms with Crippen molar-refractivity contribution in [3.05, 3.63) is 40.8 Å². The van der Waals surface area contributed by atoms with Crippen LogP contribution in [0.5, 0.6) is 0 Å². The molecule has 2 aromatic heterocycles. The Morgan fingerprint density at radius 3 is 2.57 bits per heavy atom. The van der Waals surface area contributed by atoms with Crippen molar-refractivity contribution in [2.75, 3.05) is 0 Å². The van der Waals surface area contributed by atoms with Gasteiger partial charge in [-0.05, 0) is 11.5 Å². The van der Waals surface area contributed by atoms with Crippen molar-refractivity contribution in [3.63, 3.8) is 0 Å². The SMILES string of the molecule is CC(C)(C)C(Cl)n1cc2c(n1)c(=O)[nH]c1ccccc12.Cl. The molecule has 3 aromatic rings. The summed E-state index contributed by atoms with van der Waals surface area (Å²) in [6, 6.07) is 7.70. The van der Waals surface area contributed by atoms with Gasteiger partial charge in [-0.15, -0.1) is 12.4 Å². The second-order valence-corrected chi connectivity index (χ2v) is 6.49. The zero-order valence-electron chi connectivity index (χ0n) is 12.1. The Kier molecular flexibility index (Phi) is 4.04. The number of nitrogens with one attached hydrogen (secondary N) is 1. The van der Waals surface area contributed by atoms with Crippen LogP contribution in [-0.4, -0.2) is 14.8 Å². The standard InChI is InChI=1S/C15H16ClN3O.ClH/c1-15(2,3)14(16)19-8-10-9-6-4-5-7-11(9)17-13(20)12(10)18-19;/h4-8,14H,1-3H3,(H,17,20);1H. The Bertz CT molecular complexity index is 845. The minimum absolute atomic E-state index is 0. The van der Waals surface area contributed by atoms with Gasteiger partial charge in [-0.25, -0.2) is 0 Å². The lowest BCUT2D eigenvalue weighted by molar-refractivity contribution is 0.308. The molecule has 0 aliphatic carbocycles. The number of hydrogen-bond donors (Lipinski definition) is 1. The van der Waals surface area contributed by atoms with Gasteiger partial charge < -0.3 is 4.98 Å². The largest absolute Gasteiger partial charge is 0.320 e. The molecular formula is C15H17Cl2N3O. The monoisotopic (exact) mass is 325 g/mol. The maximum Gasteiger partial charge on any atom is 0.276 e. The predicted molar refractivity (Wildman–Crippen MR) is 89.5 cm³/mol. The van der Waals surface area contributed by atoms with Gasteiger partial charge in [0.15, 0.2) is 5.52 Å². The number of para-hydroxylation sites is 1. The Hall–Kier alpha value is -1.52. The van der Waals surface area contributed by atoms with Crippen LogP contribution in [0.1, 0.15) is 26.3 Å². The molecule has 1 N–H and O–H groups in total. The average molecular weight is 326 g/mol. The number of pyridine rings is 1. The fourth-order valence-corrected chi connectivity index (χ4v) is 2.38. The maximum absolute atomic E-state index is 12.1. The first-order chi connectivity index (χ1) is 9.38. The molecule has 0 aliphatic rings. The van der Waals surface area contributed by atoms with E-state index in [1.165, 1.54) is 0 Å². The predicted octanol–water partition coefficient (Wildman–Crippen LogP) is 4.08. The fourth-order valence-electron chi connectivity index (χ4n) is 2.28. The lowest BCUT2D eigenvalue weighted by Crippen LogP contribution is -2.20. The molecule has 2 heterocycles. The highest BCUT2D eigenvalue weighted by Gasteiger charge is 2.25. The molecular weight excluding hydrogens is 309 g/mol. The lowest BCUT2D eigenvalue weighted by Gasteiger charge is -2.24. The third-order valence-electron chi connectivity index (χ3n) is 3.36. The summed E-state index contributed by atoms with van der Waals surface area (Å²) in [5.74, 6) is 0. The fraction of sp³-hybridized carbons (Fsp3) is 0.333. The van der Waals surface area contributed by atoms with Gasteiger partial charge in [0.1, 0.15) is 5.50 Å². The molecule has 3 rings (SSSR count). The maximum atomic E-state index is 12.1. The quantitative estimate of drug-likeness (QED) is 0.685. The van der Waals surface area contributed by atoms with E-state index in [9.17, 15) is 4.79 Å². The minimum Gasteiger partial charge on any atom is -0.320 e. The van der Waals surface area contributed by atoms with Crippen LogP contribution < -0.4 is 5.56 Å². The van der Waals surface area contributed by atoms with Gasteiger partial charge in [0.05, 0.1) is 0 Å². The number of aromatic amines is 1. The summed E-state index contributed by atoms with van der Waals surface area (Å²) < 4.78 is 1.67. The molecule has 1 aromatic carbocycles. The highest BCUT2D eigenvalue weighted by atomic mass is 35.5. The van der Waals surface area contributed by atoms with Crippen LogP contribution in [0.2, 0.25) is 0 Å². The topological polar surface area (TPSA) is 50.7 Å². The van der Waals surface area contributed by atoms with E-state index in [0.29, 0.717) is 5.52 Å². The normalized spacial score (nSPS) is 13.3. The first kappa shape index (κ1) is 15.9. The number of alkyl halides is 1. The Morgan fingerprint density at radius 1 is 1.24 bits per heavy atom. The molecule has 112 valence electrons. The third kappa shape index (κ3) is 2.65. The smallest absolute Gasteiger partial charge is 0.276 e. The van der Waals surface area contributed by atoms with Gasteiger partial charge in [-0.2, -0.15) is 5.10 Å². The van der Waals surface area contributed by atoms with Crippen LogP contribution in [0.15, 0.2) is 35.3 Å². The van der Waals surface area contributed by atoms with E-state index in [4.69, 9.17) is 11.6 Å². The number of hydrogen-bond acceptors (Lipinski definition) is 2. The van der Waals surface area contributed by atoms with E-state index in [2.05, 4.69) is 10.1 Å². The van der Waals surface area contributed by atoms with Crippen LogP contribution in [0, 0.1) is 5.41 Å². The number of nitrogens with zero attached hydrogens (tertiary/aromatic N) is 2. The molecule has 6 heteroatoms. The summed E-state index contributed by atoms with van der Waals surface area (Å²) in [6.45, 7) is 6.12. The zero-order valence-corrected chi connectivity index (χ0v) is 13.6. The van der Waals surface area contributed by atoms with E-state index >= 15 is 0 Å². The number of rotatable bonds is 1. The van der Waals surface area contributed by atoms with Crippen molar-refractivity contribution in [3.8, 4) is 0 Å². The van der Waals surface area contributed by atoms with Gasteiger partial charge in [-0.3, -0.25) is 9.48 Å². The summed E-state index contributed by atoms with van der Waals surface area (Å²) in [4.78, 5) is 15.0. The van der Waals surface area contributed by atoms with Crippen LogP contribution >= 0.6 is 24.0 Å². The Morgan fingerprint density at radius 2 is 1.90 bits per heavy atom. The van der Waals surface area contributed by atoms with Crippen molar-refractivity contribution in [2.45, 2.75) is 26.3 Å². The zero-order chi connectivity index (χ0) is 14.5. The van der Waals surface area contributed by atoms with E-state index in [1.54, 1.807) is 4.68 Å². The van der Waals surface area contributed by atoms with Crippen LogP contribution in [-0.2, 0) is 0 Å². The Labute approximate surface area is 133 Å². The molecule has 1 unspecified atom stereocenters.